The van der Waals surface area contributed by atoms with Crippen molar-refractivity contribution >= 4 is 23.9 Å². The van der Waals surface area contributed by atoms with E-state index in [0.717, 1.165) is 6.08 Å². The fraction of sp³-hybridized carbons (Fsp3) is 0.760. The maximum Gasteiger partial charge on any atom is 0.333 e. The molecule has 0 aromatic rings. The molecule has 194 valence electrons. The van der Waals surface area contributed by atoms with Gasteiger partial charge in [-0.05, 0) is 24.2 Å². The zero-order chi connectivity index (χ0) is 26.1. The standard InChI is InChI=1S/C25H34O10/c1-12(26)33-16-11-25(31)22(3,4)8-7-17(34-13(2)27)23(25,5)15-10-24(30)14(9-18(28)35-24)20(19(15)16)21(29)32-6/h9,15-17,19-20,30-31H,7-8,10-11H2,1-6H3/t15-,16-,17-,19?,20+,23-,24+,25+/m0/s1. The summed E-state index contributed by atoms with van der Waals surface area (Å²) in [6, 6.07) is 0. The average molecular weight is 495 g/mol. The Balaban J connectivity index is 1.97. The van der Waals surface area contributed by atoms with E-state index >= 15 is 0 Å². The molecule has 10 nitrogen and oxygen atoms in total. The molecule has 3 saturated carbocycles. The molecule has 4 aliphatic rings. The van der Waals surface area contributed by atoms with Crippen molar-refractivity contribution in [2.45, 2.75) is 83.9 Å². The van der Waals surface area contributed by atoms with Crippen LogP contribution in [0.4, 0.5) is 0 Å². The van der Waals surface area contributed by atoms with Crippen LogP contribution in [0.1, 0.15) is 60.3 Å². The van der Waals surface area contributed by atoms with E-state index in [1.807, 2.05) is 13.8 Å². The highest BCUT2D eigenvalue weighted by Gasteiger charge is 2.75. The minimum Gasteiger partial charge on any atom is -0.469 e. The molecule has 0 saturated heterocycles. The van der Waals surface area contributed by atoms with Gasteiger partial charge in [-0.2, -0.15) is 0 Å². The third-order valence-corrected chi connectivity index (χ3v) is 9.16. The van der Waals surface area contributed by atoms with Crippen LogP contribution in [0.5, 0.6) is 0 Å². The number of hydrogen-bond acceptors (Lipinski definition) is 10. The van der Waals surface area contributed by atoms with Gasteiger partial charge in [0.2, 0.25) is 5.79 Å². The number of aliphatic hydroxyl groups is 2. The smallest absolute Gasteiger partial charge is 0.333 e. The molecule has 3 fully saturated rings. The molecule has 3 aliphatic carbocycles. The van der Waals surface area contributed by atoms with Crippen LogP contribution < -0.4 is 0 Å². The molecule has 35 heavy (non-hydrogen) atoms. The SMILES string of the molecule is COC(=O)[C@@H]1C2=CC(=O)O[C@]2(O)C[C@H]2C1[C@@H](OC(C)=O)C[C@@]1(O)C(C)(C)CC[C@H](OC(C)=O)[C@]21C. The van der Waals surface area contributed by atoms with E-state index in [0.29, 0.717) is 12.8 Å². The topological polar surface area (TPSA) is 146 Å². The Morgan fingerprint density at radius 1 is 1.06 bits per heavy atom. The second-order valence-corrected chi connectivity index (χ2v) is 11.2. The number of rotatable bonds is 3. The van der Waals surface area contributed by atoms with Crippen LogP contribution in [0.2, 0.25) is 0 Å². The van der Waals surface area contributed by atoms with Gasteiger partial charge >= 0.3 is 23.9 Å². The normalized spacial score (nSPS) is 43.5. The van der Waals surface area contributed by atoms with Gasteiger partial charge in [-0.25, -0.2) is 4.79 Å². The van der Waals surface area contributed by atoms with E-state index in [1.165, 1.54) is 21.0 Å². The van der Waals surface area contributed by atoms with Crippen LogP contribution in [-0.2, 0) is 38.1 Å². The zero-order valence-electron chi connectivity index (χ0n) is 21.0. The molecular formula is C25H34O10. The van der Waals surface area contributed by atoms with Crippen LogP contribution in [-0.4, -0.2) is 64.8 Å². The van der Waals surface area contributed by atoms with Crippen molar-refractivity contribution in [1.82, 2.24) is 0 Å². The van der Waals surface area contributed by atoms with Crippen LogP contribution in [0.15, 0.2) is 11.6 Å². The number of fused-ring (bicyclic) bond motifs is 4. The van der Waals surface area contributed by atoms with Crippen molar-refractivity contribution in [2.75, 3.05) is 7.11 Å². The molecule has 0 radical (unpaired) electrons. The second kappa shape index (κ2) is 8.03. The molecule has 1 aliphatic heterocycles. The number of esters is 4. The predicted molar refractivity (Wildman–Crippen MR) is 118 cm³/mol. The Morgan fingerprint density at radius 3 is 2.26 bits per heavy atom. The lowest BCUT2D eigenvalue weighted by atomic mass is 9.39. The Bertz CT molecular complexity index is 1000. The summed E-state index contributed by atoms with van der Waals surface area (Å²) in [5.41, 5.74) is -3.38. The van der Waals surface area contributed by atoms with E-state index in [2.05, 4.69) is 0 Å². The summed E-state index contributed by atoms with van der Waals surface area (Å²) < 4.78 is 21.8. The molecule has 2 N–H and O–H groups in total. The molecule has 4 rings (SSSR count). The summed E-state index contributed by atoms with van der Waals surface area (Å²) in [7, 11) is 1.19. The predicted octanol–water partition coefficient (Wildman–Crippen LogP) is 1.41. The van der Waals surface area contributed by atoms with Crippen LogP contribution in [0.25, 0.3) is 0 Å². The summed E-state index contributed by atoms with van der Waals surface area (Å²) in [5, 5.41) is 23.9. The average Bonchev–Trinajstić information content (AvgIpc) is 3.04. The van der Waals surface area contributed by atoms with Gasteiger partial charge in [-0.15, -0.1) is 0 Å². The first-order valence-corrected chi connectivity index (χ1v) is 11.9. The van der Waals surface area contributed by atoms with Crippen molar-refractivity contribution in [3.05, 3.63) is 11.6 Å². The van der Waals surface area contributed by atoms with Crippen molar-refractivity contribution in [3.8, 4) is 0 Å². The lowest BCUT2D eigenvalue weighted by molar-refractivity contribution is -0.316. The summed E-state index contributed by atoms with van der Waals surface area (Å²) in [6.07, 6.45) is 0.156. The second-order valence-electron chi connectivity index (χ2n) is 11.2. The molecule has 1 heterocycles. The Labute approximate surface area is 203 Å². The molecular weight excluding hydrogens is 460 g/mol. The van der Waals surface area contributed by atoms with E-state index < -0.39 is 76.1 Å². The number of methoxy groups -OCH3 is 1. The molecule has 1 unspecified atom stereocenters. The van der Waals surface area contributed by atoms with Crippen LogP contribution >= 0.6 is 0 Å². The minimum atomic E-state index is -2.11. The number of hydrogen-bond donors (Lipinski definition) is 2. The van der Waals surface area contributed by atoms with Crippen molar-refractivity contribution in [1.29, 1.82) is 0 Å². The van der Waals surface area contributed by atoms with E-state index in [-0.39, 0.29) is 18.4 Å². The van der Waals surface area contributed by atoms with Gasteiger partial charge in [-0.3, -0.25) is 14.4 Å². The number of ether oxygens (including phenoxy) is 4. The summed E-state index contributed by atoms with van der Waals surface area (Å²) in [6.45, 7) is 8.11. The first-order chi connectivity index (χ1) is 16.1. The minimum absolute atomic E-state index is 0.0248. The highest BCUT2D eigenvalue weighted by atomic mass is 16.7. The fourth-order valence-electron chi connectivity index (χ4n) is 7.54. The fourth-order valence-corrected chi connectivity index (χ4v) is 7.54. The Hall–Kier alpha value is -2.46. The molecule has 0 spiro atoms. The Morgan fingerprint density at radius 2 is 1.69 bits per heavy atom. The maximum atomic E-state index is 13.1. The Kier molecular flexibility index (Phi) is 5.88. The van der Waals surface area contributed by atoms with Gasteiger partial charge in [-0.1, -0.05) is 20.8 Å². The van der Waals surface area contributed by atoms with Gasteiger partial charge in [0.15, 0.2) is 0 Å². The summed E-state index contributed by atoms with van der Waals surface area (Å²) in [5.74, 6) is -7.47. The van der Waals surface area contributed by atoms with Gasteiger partial charge in [0, 0.05) is 49.7 Å². The molecule has 8 atom stereocenters. The van der Waals surface area contributed by atoms with Crippen molar-refractivity contribution < 1.29 is 48.3 Å². The first kappa shape index (κ1) is 25.6. The lowest BCUT2D eigenvalue weighted by Gasteiger charge is -2.69. The summed E-state index contributed by atoms with van der Waals surface area (Å²) in [4.78, 5) is 49.7. The van der Waals surface area contributed by atoms with Crippen molar-refractivity contribution in [3.63, 3.8) is 0 Å². The molecule has 0 aromatic carbocycles. The zero-order valence-corrected chi connectivity index (χ0v) is 21.0. The third-order valence-electron chi connectivity index (χ3n) is 9.16. The number of carbonyl (C=O) groups is 4. The molecule has 0 bridgehead atoms. The van der Waals surface area contributed by atoms with E-state index in [4.69, 9.17) is 18.9 Å². The quantitative estimate of drug-likeness (QED) is 0.436. The molecule has 10 heteroatoms. The van der Waals surface area contributed by atoms with Gasteiger partial charge in [0.25, 0.3) is 0 Å². The summed E-state index contributed by atoms with van der Waals surface area (Å²) >= 11 is 0. The molecule has 0 amide bonds. The molecule has 0 aromatic heterocycles. The van der Waals surface area contributed by atoms with Crippen molar-refractivity contribution in [2.24, 2.45) is 28.6 Å². The van der Waals surface area contributed by atoms with Crippen LogP contribution in [0.3, 0.4) is 0 Å². The van der Waals surface area contributed by atoms with Crippen LogP contribution in [0, 0.1) is 28.6 Å². The highest BCUT2D eigenvalue weighted by Crippen LogP contribution is 2.69. The largest absolute Gasteiger partial charge is 0.469 e. The van der Waals surface area contributed by atoms with E-state index in [1.54, 1.807) is 6.92 Å². The lowest BCUT2D eigenvalue weighted by Crippen LogP contribution is -2.75. The monoisotopic (exact) mass is 494 g/mol. The van der Waals surface area contributed by atoms with E-state index in [9.17, 15) is 29.4 Å². The maximum absolute atomic E-state index is 13.1. The van der Waals surface area contributed by atoms with Gasteiger partial charge in [0.1, 0.15) is 12.2 Å². The highest BCUT2D eigenvalue weighted by molar-refractivity contribution is 5.90. The number of carbonyl (C=O) groups excluding carboxylic acids is 4. The van der Waals surface area contributed by atoms with Gasteiger partial charge in [0.05, 0.1) is 18.6 Å². The third kappa shape index (κ3) is 3.51. The first-order valence-electron chi connectivity index (χ1n) is 11.9. The van der Waals surface area contributed by atoms with Gasteiger partial charge < -0.3 is 29.2 Å².